The normalized spacial score (nSPS) is 13.9. The Labute approximate surface area is 181 Å². The number of thiazole rings is 1. The maximum absolute atomic E-state index is 12.6. The van der Waals surface area contributed by atoms with Crippen LogP contribution in [0, 0.1) is 0 Å². The van der Waals surface area contributed by atoms with Gasteiger partial charge in [-0.25, -0.2) is 4.98 Å². The summed E-state index contributed by atoms with van der Waals surface area (Å²) in [4.78, 5) is 21.4. The molecular formula is C23H26N4O2S. The lowest BCUT2D eigenvalue weighted by Crippen LogP contribution is -2.46. The Morgan fingerprint density at radius 1 is 1.20 bits per heavy atom. The highest BCUT2D eigenvalue weighted by Gasteiger charge is 2.18. The van der Waals surface area contributed by atoms with Gasteiger partial charge in [-0.3, -0.25) is 4.79 Å². The number of nitrogens with one attached hydrogen (secondary N) is 1. The summed E-state index contributed by atoms with van der Waals surface area (Å²) in [5, 5.41) is 6.29. The molecule has 0 radical (unpaired) electrons. The van der Waals surface area contributed by atoms with Crippen molar-refractivity contribution < 1.29 is 9.53 Å². The van der Waals surface area contributed by atoms with E-state index < -0.39 is 0 Å². The van der Waals surface area contributed by atoms with E-state index in [1.54, 1.807) is 18.4 Å². The molecule has 1 saturated heterocycles. The van der Waals surface area contributed by atoms with Crippen molar-refractivity contribution in [1.29, 1.82) is 0 Å². The first-order valence-corrected chi connectivity index (χ1v) is 10.9. The molecule has 0 atom stereocenters. The standard InChI is InChI=1S/C23H26N4O2S/c1-26(23-25-21(16-30-23)19-4-3-5-20(14-19)29-2)15-17-6-8-18(9-7-17)22(28)27-12-10-24-11-13-27/h3-9,14,16,24H,10-13,15H2,1-2H3. The van der Waals surface area contributed by atoms with Gasteiger partial charge in [-0.15, -0.1) is 11.3 Å². The minimum atomic E-state index is 0.110. The summed E-state index contributed by atoms with van der Waals surface area (Å²) in [7, 11) is 3.70. The van der Waals surface area contributed by atoms with Crippen LogP contribution in [0.5, 0.6) is 5.75 Å². The average Bonchev–Trinajstić information content (AvgIpc) is 3.30. The molecule has 1 fully saturated rings. The minimum absolute atomic E-state index is 0.110. The van der Waals surface area contributed by atoms with Gasteiger partial charge < -0.3 is 19.9 Å². The number of rotatable bonds is 6. The molecule has 0 bridgehead atoms. The minimum Gasteiger partial charge on any atom is -0.497 e. The van der Waals surface area contributed by atoms with Gasteiger partial charge in [0.25, 0.3) is 5.91 Å². The fraction of sp³-hybridized carbons (Fsp3) is 0.304. The highest BCUT2D eigenvalue weighted by atomic mass is 32.1. The molecule has 156 valence electrons. The first-order chi connectivity index (χ1) is 14.6. The smallest absolute Gasteiger partial charge is 0.253 e. The van der Waals surface area contributed by atoms with Crippen LogP contribution < -0.4 is 15.0 Å². The van der Waals surface area contributed by atoms with Gasteiger partial charge in [0.2, 0.25) is 0 Å². The molecule has 0 spiro atoms. The van der Waals surface area contributed by atoms with Crippen molar-refractivity contribution in [3.8, 4) is 17.0 Å². The summed E-state index contributed by atoms with van der Waals surface area (Å²) in [6.07, 6.45) is 0. The van der Waals surface area contributed by atoms with Crippen LogP contribution in [-0.2, 0) is 6.54 Å². The highest BCUT2D eigenvalue weighted by molar-refractivity contribution is 7.14. The number of carbonyl (C=O) groups excluding carboxylic acids is 1. The summed E-state index contributed by atoms with van der Waals surface area (Å²) in [5.41, 5.74) is 3.88. The topological polar surface area (TPSA) is 57.7 Å². The van der Waals surface area contributed by atoms with Crippen molar-refractivity contribution in [1.82, 2.24) is 15.2 Å². The van der Waals surface area contributed by atoms with Crippen LogP contribution in [0.15, 0.2) is 53.9 Å². The van der Waals surface area contributed by atoms with Gasteiger partial charge >= 0.3 is 0 Å². The third-order valence-electron chi connectivity index (χ3n) is 5.21. The van der Waals surface area contributed by atoms with E-state index >= 15 is 0 Å². The van der Waals surface area contributed by atoms with Crippen LogP contribution in [-0.4, -0.2) is 56.1 Å². The van der Waals surface area contributed by atoms with Crippen molar-refractivity contribution in [2.45, 2.75) is 6.54 Å². The number of carbonyl (C=O) groups is 1. The molecule has 0 unspecified atom stereocenters. The summed E-state index contributed by atoms with van der Waals surface area (Å²) >= 11 is 1.62. The van der Waals surface area contributed by atoms with Gasteiger partial charge in [-0.1, -0.05) is 24.3 Å². The second-order valence-corrected chi connectivity index (χ2v) is 8.18. The van der Waals surface area contributed by atoms with E-state index in [-0.39, 0.29) is 5.91 Å². The fourth-order valence-corrected chi connectivity index (χ4v) is 4.30. The maximum atomic E-state index is 12.6. The predicted molar refractivity (Wildman–Crippen MR) is 121 cm³/mol. The van der Waals surface area contributed by atoms with E-state index in [4.69, 9.17) is 9.72 Å². The molecule has 2 heterocycles. The highest BCUT2D eigenvalue weighted by Crippen LogP contribution is 2.29. The molecule has 1 amide bonds. The van der Waals surface area contributed by atoms with Gasteiger partial charge in [0.1, 0.15) is 5.75 Å². The summed E-state index contributed by atoms with van der Waals surface area (Å²) in [6, 6.07) is 15.8. The monoisotopic (exact) mass is 422 g/mol. The largest absolute Gasteiger partial charge is 0.497 e. The van der Waals surface area contributed by atoms with Gasteiger partial charge in [0, 0.05) is 56.3 Å². The Hall–Kier alpha value is -2.90. The molecule has 4 rings (SSSR count). The van der Waals surface area contributed by atoms with Crippen molar-refractivity contribution in [2.75, 3.05) is 45.2 Å². The lowest BCUT2D eigenvalue weighted by Gasteiger charge is -2.27. The first-order valence-electron chi connectivity index (χ1n) is 10.0. The zero-order valence-electron chi connectivity index (χ0n) is 17.3. The number of methoxy groups -OCH3 is 1. The molecule has 2 aromatic carbocycles. The summed E-state index contributed by atoms with van der Waals surface area (Å²) in [5.74, 6) is 0.935. The van der Waals surface area contributed by atoms with E-state index in [1.165, 1.54) is 0 Å². The van der Waals surface area contributed by atoms with Crippen LogP contribution in [0.4, 0.5) is 5.13 Å². The van der Waals surface area contributed by atoms with Crippen molar-refractivity contribution in [3.63, 3.8) is 0 Å². The Morgan fingerprint density at radius 2 is 1.97 bits per heavy atom. The van der Waals surface area contributed by atoms with Crippen LogP contribution >= 0.6 is 11.3 Å². The second-order valence-electron chi connectivity index (χ2n) is 7.34. The lowest BCUT2D eigenvalue weighted by atomic mass is 10.1. The second kappa shape index (κ2) is 9.28. The Morgan fingerprint density at radius 3 is 2.70 bits per heavy atom. The zero-order valence-corrected chi connectivity index (χ0v) is 18.1. The molecule has 30 heavy (non-hydrogen) atoms. The zero-order chi connectivity index (χ0) is 20.9. The SMILES string of the molecule is COc1cccc(-c2csc(N(C)Cc3ccc(C(=O)N4CCNCC4)cc3)n2)c1. The number of piperazine rings is 1. The third kappa shape index (κ3) is 4.63. The number of benzene rings is 2. The summed E-state index contributed by atoms with van der Waals surface area (Å²) < 4.78 is 5.31. The molecule has 1 aliphatic rings. The predicted octanol–water partition coefficient (Wildman–Crippen LogP) is 3.50. The molecule has 1 aromatic heterocycles. The molecule has 0 aliphatic carbocycles. The average molecular weight is 423 g/mol. The molecule has 3 aromatic rings. The van der Waals surface area contributed by atoms with E-state index in [1.807, 2.05) is 60.5 Å². The van der Waals surface area contributed by atoms with E-state index in [9.17, 15) is 4.79 Å². The van der Waals surface area contributed by atoms with Crippen molar-refractivity contribution in [3.05, 3.63) is 65.0 Å². The van der Waals surface area contributed by atoms with E-state index in [0.717, 1.165) is 66.0 Å². The lowest BCUT2D eigenvalue weighted by molar-refractivity contribution is 0.0736. The number of amides is 1. The van der Waals surface area contributed by atoms with E-state index in [2.05, 4.69) is 15.6 Å². The molecular weight excluding hydrogens is 396 g/mol. The first kappa shape index (κ1) is 20.4. The number of aromatic nitrogens is 1. The van der Waals surface area contributed by atoms with Gasteiger partial charge in [-0.2, -0.15) is 0 Å². The number of ether oxygens (including phenoxy) is 1. The number of hydrogen-bond acceptors (Lipinski definition) is 6. The van der Waals surface area contributed by atoms with Crippen LogP contribution in [0.1, 0.15) is 15.9 Å². The third-order valence-corrected chi connectivity index (χ3v) is 6.16. The van der Waals surface area contributed by atoms with Crippen LogP contribution in [0.25, 0.3) is 11.3 Å². The number of nitrogens with zero attached hydrogens (tertiary/aromatic N) is 3. The number of hydrogen-bond donors (Lipinski definition) is 1. The van der Waals surface area contributed by atoms with Gasteiger partial charge in [-0.05, 0) is 29.8 Å². The van der Waals surface area contributed by atoms with Crippen molar-refractivity contribution >= 4 is 22.4 Å². The Kier molecular flexibility index (Phi) is 6.30. The molecule has 0 saturated carbocycles. The number of anilines is 1. The van der Waals surface area contributed by atoms with Gasteiger partial charge in [0.05, 0.1) is 12.8 Å². The molecule has 1 N–H and O–H groups in total. The Bertz CT molecular complexity index is 996. The van der Waals surface area contributed by atoms with Gasteiger partial charge in [0.15, 0.2) is 5.13 Å². The van der Waals surface area contributed by atoms with Crippen molar-refractivity contribution in [2.24, 2.45) is 0 Å². The molecule has 6 nitrogen and oxygen atoms in total. The van der Waals surface area contributed by atoms with E-state index in [0.29, 0.717) is 0 Å². The molecule has 7 heteroatoms. The summed E-state index contributed by atoms with van der Waals surface area (Å²) in [6.45, 7) is 3.99. The maximum Gasteiger partial charge on any atom is 0.253 e. The van der Waals surface area contributed by atoms with Crippen LogP contribution in [0.2, 0.25) is 0 Å². The Balaban J connectivity index is 1.41. The fourth-order valence-electron chi connectivity index (χ4n) is 3.50. The molecule has 1 aliphatic heterocycles. The quantitative estimate of drug-likeness (QED) is 0.659. The van der Waals surface area contributed by atoms with Crippen LogP contribution in [0.3, 0.4) is 0 Å².